The molecule has 0 spiro atoms. The molecule has 2 fully saturated rings. The average Bonchev–Trinajstić information content (AvgIpc) is 3.28. The van der Waals surface area contributed by atoms with Crippen molar-refractivity contribution in [1.29, 1.82) is 0 Å². The fourth-order valence-electron chi connectivity index (χ4n) is 4.19. The standard InChI is InChI=1S/C15H21N5O5/c16-13-10-14(18-5-17-13)20(6-19-10)15(7-2-1-3-8(7)22)12(24)11(23)9(4-21)25-15/h5-9,11-12,21-24H,1-4H2,(H2,16,17,18)/t7-,8-,9-,11-,12-,15-/m1/s1. The lowest BCUT2D eigenvalue weighted by atomic mass is 9.86. The predicted octanol–water partition coefficient (Wildman–Crippen LogP) is -1.66. The molecular formula is C15H21N5O5. The topological polar surface area (TPSA) is 160 Å². The van der Waals surface area contributed by atoms with Crippen LogP contribution in [0.2, 0.25) is 0 Å². The molecule has 1 aliphatic carbocycles. The van der Waals surface area contributed by atoms with Crippen molar-refractivity contribution < 1.29 is 25.2 Å². The Morgan fingerprint density at radius 2 is 2.04 bits per heavy atom. The summed E-state index contributed by atoms with van der Waals surface area (Å²) in [4.78, 5) is 12.3. The van der Waals surface area contributed by atoms with E-state index in [1.807, 2.05) is 0 Å². The second-order valence-corrected chi connectivity index (χ2v) is 6.68. The van der Waals surface area contributed by atoms with E-state index < -0.39 is 42.7 Å². The van der Waals surface area contributed by atoms with Crippen molar-refractivity contribution in [3.05, 3.63) is 12.7 Å². The van der Waals surface area contributed by atoms with E-state index in [4.69, 9.17) is 10.5 Å². The van der Waals surface area contributed by atoms with Crippen molar-refractivity contribution in [2.75, 3.05) is 12.3 Å². The Balaban J connectivity index is 1.93. The van der Waals surface area contributed by atoms with E-state index in [2.05, 4.69) is 15.0 Å². The van der Waals surface area contributed by atoms with Gasteiger partial charge in [-0.3, -0.25) is 4.57 Å². The molecule has 6 N–H and O–H groups in total. The zero-order valence-electron chi connectivity index (χ0n) is 13.4. The minimum atomic E-state index is -1.50. The highest BCUT2D eigenvalue weighted by atomic mass is 16.6. The van der Waals surface area contributed by atoms with Gasteiger partial charge in [0.05, 0.1) is 19.0 Å². The van der Waals surface area contributed by atoms with Gasteiger partial charge in [-0.15, -0.1) is 0 Å². The number of ether oxygens (including phenoxy) is 1. The fourth-order valence-corrected chi connectivity index (χ4v) is 4.19. The molecule has 10 nitrogen and oxygen atoms in total. The minimum absolute atomic E-state index is 0.178. The molecule has 136 valence electrons. The van der Waals surface area contributed by atoms with Crippen LogP contribution < -0.4 is 5.73 Å². The number of imidazole rings is 1. The zero-order chi connectivity index (χ0) is 17.8. The summed E-state index contributed by atoms with van der Waals surface area (Å²) in [6.07, 6.45) is 0.190. The Kier molecular flexibility index (Phi) is 3.89. The molecule has 0 aromatic carbocycles. The van der Waals surface area contributed by atoms with Gasteiger partial charge in [-0.1, -0.05) is 6.42 Å². The fraction of sp³-hybridized carbons (Fsp3) is 0.667. The molecular weight excluding hydrogens is 330 g/mol. The molecule has 1 saturated carbocycles. The molecule has 4 rings (SSSR count). The number of hydrogen-bond acceptors (Lipinski definition) is 9. The quantitative estimate of drug-likeness (QED) is 0.436. The van der Waals surface area contributed by atoms with Crippen molar-refractivity contribution in [1.82, 2.24) is 19.5 Å². The summed E-state index contributed by atoms with van der Waals surface area (Å²) in [5, 5.41) is 41.2. The highest BCUT2D eigenvalue weighted by Gasteiger charge is 2.62. The number of hydrogen-bond donors (Lipinski definition) is 5. The molecule has 1 aliphatic heterocycles. The van der Waals surface area contributed by atoms with E-state index in [0.29, 0.717) is 24.0 Å². The normalized spacial score (nSPS) is 38.6. The summed E-state index contributed by atoms with van der Waals surface area (Å²) in [6.45, 7) is -0.466. The summed E-state index contributed by atoms with van der Waals surface area (Å²) in [7, 11) is 0. The number of nitrogens with zero attached hydrogens (tertiary/aromatic N) is 4. The van der Waals surface area contributed by atoms with E-state index in [9.17, 15) is 20.4 Å². The molecule has 0 unspecified atom stereocenters. The molecule has 10 heteroatoms. The molecule has 6 atom stereocenters. The summed E-state index contributed by atoms with van der Waals surface area (Å²) in [5.74, 6) is -0.320. The zero-order valence-corrected chi connectivity index (χ0v) is 13.4. The lowest BCUT2D eigenvalue weighted by molar-refractivity contribution is -0.196. The smallest absolute Gasteiger partial charge is 0.181 e. The third-order valence-corrected chi connectivity index (χ3v) is 5.40. The number of nitrogens with two attached hydrogens (primary N) is 1. The van der Waals surface area contributed by atoms with Gasteiger partial charge in [0.15, 0.2) is 17.2 Å². The Hall–Kier alpha value is -1.85. The predicted molar refractivity (Wildman–Crippen MR) is 85.0 cm³/mol. The number of anilines is 1. The summed E-state index contributed by atoms with van der Waals surface area (Å²) in [6, 6.07) is 0. The number of aromatic nitrogens is 4. The van der Waals surface area contributed by atoms with E-state index in [1.165, 1.54) is 17.2 Å². The van der Waals surface area contributed by atoms with Gasteiger partial charge in [-0.05, 0) is 12.8 Å². The summed E-state index contributed by atoms with van der Waals surface area (Å²) >= 11 is 0. The summed E-state index contributed by atoms with van der Waals surface area (Å²) < 4.78 is 7.48. The highest BCUT2D eigenvalue weighted by Crippen LogP contribution is 2.49. The summed E-state index contributed by atoms with van der Waals surface area (Å²) in [5.41, 5.74) is 5.01. The van der Waals surface area contributed by atoms with Crippen LogP contribution in [-0.4, -0.2) is 71.0 Å². The van der Waals surface area contributed by atoms with Crippen LogP contribution in [0.5, 0.6) is 0 Å². The highest BCUT2D eigenvalue weighted by molar-refractivity contribution is 5.81. The number of fused-ring (bicyclic) bond motifs is 1. The van der Waals surface area contributed by atoms with Gasteiger partial charge in [-0.25, -0.2) is 15.0 Å². The molecule has 2 aromatic heterocycles. The van der Waals surface area contributed by atoms with Gasteiger partial charge in [0.2, 0.25) is 0 Å². The largest absolute Gasteiger partial charge is 0.394 e. The first-order valence-corrected chi connectivity index (χ1v) is 8.27. The van der Waals surface area contributed by atoms with Gasteiger partial charge in [0, 0.05) is 5.92 Å². The minimum Gasteiger partial charge on any atom is -0.394 e. The monoisotopic (exact) mass is 351 g/mol. The van der Waals surface area contributed by atoms with Gasteiger partial charge in [0.1, 0.15) is 30.2 Å². The van der Waals surface area contributed by atoms with Crippen LogP contribution in [0, 0.1) is 5.92 Å². The maximum Gasteiger partial charge on any atom is 0.181 e. The molecule has 0 amide bonds. The Labute approximate surface area is 142 Å². The first-order valence-electron chi connectivity index (χ1n) is 8.27. The van der Waals surface area contributed by atoms with Crippen molar-refractivity contribution >= 4 is 17.0 Å². The Morgan fingerprint density at radius 1 is 1.24 bits per heavy atom. The number of rotatable bonds is 3. The molecule has 2 aliphatic rings. The maximum atomic E-state index is 10.9. The second kappa shape index (κ2) is 5.85. The van der Waals surface area contributed by atoms with E-state index in [1.54, 1.807) is 0 Å². The van der Waals surface area contributed by atoms with Gasteiger partial charge >= 0.3 is 0 Å². The van der Waals surface area contributed by atoms with Gasteiger partial charge in [-0.2, -0.15) is 0 Å². The molecule has 2 aromatic rings. The molecule has 0 radical (unpaired) electrons. The van der Waals surface area contributed by atoms with Gasteiger partial charge < -0.3 is 30.9 Å². The number of aliphatic hydroxyl groups is 4. The van der Waals surface area contributed by atoms with Crippen LogP contribution in [-0.2, 0) is 10.5 Å². The van der Waals surface area contributed by atoms with Crippen LogP contribution in [0.1, 0.15) is 19.3 Å². The van der Waals surface area contributed by atoms with Gasteiger partial charge in [0.25, 0.3) is 0 Å². The van der Waals surface area contributed by atoms with Crippen molar-refractivity contribution in [2.45, 2.75) is 49.4 Å². The van der Waals surface area contributed by atoms with E-state index in [-0.39, 0.29) is 5.82 Å². The second-order valence-electron chi connectivity index (χ2n) is 6.68. The first-order chi connectivity index (χ1) is 12.0. The van der Waals surface area contributed by atoms with Crippen molar-refractivity contribution in [3.63, 3.8) is 0 Å². The van der Waals surface area contributed by atoms with Crippen LogP contribution in [0.15, 0.2) is 12.7 Å². The van der Waals surface area contributed by atoms with Crippen LogP contribution in [0.25, 0.3) is 11.2 Å². The van der Waals surface area contributed by atoms with Crippen molar-refractivity contribution in [2.24, 2.45) is 5.92 Å². The van der Waals surface area contributed by atoms with Crippen LogP contribution >= 0.6 is 0 Å². The molecule has 0 bridgehead atoms. The lowest BCUT2D eigenvalue weighted by Crippen LogP contribution is -2.53. The average molecular weight is 351 g/mol. The molecule has 25 heavy (non-hydrogen) atoms. The SMILES string of the molecule is Nc1ncnc2c1ncn2[C@]1([C@@H]2CCC[C@H]2O)O[C@H](CO)[C@@H](O)[C@H]1O. The van der Waals surface area contributed by atoms with Crippen LogP contribution in [0.4, 0.5) is 5.82 Å². The third kappa shape index (κ3) is 2.19. The Morgan fingerprint density at radius 3 is 2.68 bits per heavy atom. The van der Waals surface area contributed by atoms with Crippen LogP contribution in [0.3, 0.4) is 0 Å². The van der Waals surface area contributed by atoms with E-state index in [0.717, 1.165) is 6.42 Å². The maximum absolute atomic E-state index is 10.9. The first kappa shape index (κ1) is 16.6. The third-order valence-electron chi connectivity index (χ3n) is 5.40. The number of aliphatic hydroxyl groups excluding tert-OH is 4. The molecule has 1 saturated heterocycles. The van der Waals surface area contributed by atoms with Crippen molar-refractivity contribution in [3.8, 4) is 0 Å². The number of nitrogen functional groups attached to an aromatic ring is 1. The Bertz CT molecular complexity index is 785. The van der Waals surface area contributed by atoms with E-state index >= 15 is 0 Å². The lowest BCUT2D eigenvalue weighted by Gasteiger charge is -2.40. The molecule has 3 heterocycles.